The van der Waals surface area contributed by atoms with Gasteiger partial charge in [0.25, 0.3) is 0 Å². The van der Waals surface area contributed by atoms with Gasteiger partial charge in [-0.3, -0.25) is 4.99 Å². The highest BCUT2D eigenvalue weighted by molar-refractivity contribution is 5.86. The molecule has 2 rings (SSSR count). The van der Waals surface area contributed by atoms with Crippen LogP contribution in [0.1, 0.15) is 12.5 Å². The standard InChI is InChI=1S/C10H11N3O/c1-10(6-11-7-13-10)8-3-4-9(14-2)12-5-8/h3-7H,1-2H3. The molecule has 0 bridgehead atoms. The minimum Gasteiger partial charge on any atom is -0.481 e. The largest absolute Gasteiger partial charge is 0.481 e. The summed E-state index contributed by atoms with van der Waals surface area (Å²) in [6.07, 6.45) is 5.12. The maximum Gasteiger partial charge on any atom is 0.212 e. The van der Waals surface area contributed by atoms with Crippen LogP contribution < -0.4 is 4.74 Å². The maximum atomic E-state index is 4.98. The van der Waals surface area contributed by atoms with Crippen molar-refractivity contribution in [2.75, 3.05) is 7.11 Å². The van der Waals surface area contributed by atoms with Gasteiger partial charge in [-0.25, -0.2) is 9.98 Å². The van der Waals surface area contributed by atoms with E-state index in [2.05, 4.69) is 15.0 Å². The minimum absolute atomic E-state index is 0.362. The van der Waals surface area contributed by atoms with Crippen molar-refractivity contribution in [3.63, 3.8) is 0 Å². The van der Waals surface area contributed by atoms with Crippen molar-refractivity contribution >= 4 is 12.6 Å². The summed E-state index contributed by atoms with van der Waals surface area (Å²) in [6.45, 7) is 1.99. The van der Waals surface area contributed by atoms with Crippen molar-refractivity contribution in [3.8, 4) is 5.88 Å². The molecule has 1 aliphatic rings. The molecular formula is C10H11N3O. The van der Waals surface area contributed by atoms with Crippen LogP contribution in [0, 0.1) is 0 Å². The van der Waals surface area contributed by atoms with Gasteiger partial charge in [-0.2, -0.15) is 0 Å². The van der Waals surface area contributed by atoms with E-state index in [-0.39, 0.29) is 5.54 Å². The van der Waals surface area contributed by atoms with Gasteiger partial charge >= 0.3 is 0 Å². The molecule has 0 spiro atoms. The molecule has 4 heteroatoms. The zero-order valence-corrected chi connectivity index (χ0v) is 8.14. The zero-order chi connectivity index (χ0) is 10.0. The van der Waals surface area contributed by atoms with E-state index < -0.39 is 0 Å². The Morgan fingerprint density at radius 2 is 2.21 bits per heavy atom. The molecule has 0 amide bonds. The van der Waals surface area contributed by atoms with Crippen LogP contribution in [0.5, 0.6) is 5.88 Å². The number of aliphatic imine (C=N–C) groups is 2. The van der Waals surface area contributed by atoms with Crippen LogP contribution in [0.25, 0.3) is 0 Å². The van der Waals surface area contributed by atoms with E-state index in [0.29, 0.717) is 5.88 Å². The third kappa shape index (κ3) is 1.39. The summed E-state index contributed by atoms with van der Waals surface area (Å²) in [5.74, 6) is 0.608. The molecule has 0 fully saturated rings. The topological polar surface area (TPSA) is 46.8 Å². The molecule has 0 radical (unpaired) electrons. The Balaban J connectivity index is 2.33. The number of ether oxygens (including phenoxy) is 1. The van der Waals surface area contributed by atoms with Crippen LogP contribution >= 0.6 is 0 Å². The van der Waals surface area contributed by atoms with Gasteiger partial charge in [0.1, 0.15) is 11.9 Å². The number of aromatic nitrogens is 1. The van der Waals surface area contributed by atoms with E-state index in [9.17, 15) is 0 Å². The Morgan fingerprint density at radius 1 is 1.36 bits per heavy atom. The van der Waals surface area contributed by atoms with E-state index in [4.69, 9.17) is 4.74 Å². The zero-order valence-electron chi connectivity index (χ0n) is 8.14. The average molecular weight is 189 g/mol. The van der Waals surface area contributed by atoms with Crippen molar-refractivity contribution in [3.05, 3.63) is 23.9 Å². The van der Waals surface area contributed by atoms with Gasteiger partial charge in [0.05, 0.1) is 7.11 Å². The first-order valence-electron chi connectivity index (χ1n) is 4.33. The summed E-state index contributed by atoms with van der Waals surface area (Å²) in [4.78, 5) is 12.4. The lowest BCUT2D eigenvalue weighted by Crippen LogP contribution is -2.18. The molecule has 0 aliphatic carbocycles. The van der Waals surface area contributed by atoms with Gasteiger partial charge in [-0.1, -0.05) is 0 Å². The normalized spacial score (nSPS) is 24.1. The Bertz CT molecular complexity index is 369. The molecule has 2 heterocycles. The Labute approximate surface area is 82.4 Å². The van der Waals surface area contributed by atoms with Crippen LogP contribution in [-0.2, 0) is 5.54 Å². The Kier molecular flexibility index (Phi) is 2.04. The highest BCUT2D eigenvalue weighted by Gasteiger charge is 2.25. The number of pyridine rings is 1. The summed E-state index contributed by atoms with van der Waals surface area (Å²) < 4.78 is 4.98. The molecule has 72 valence electrons. The summed E-state index contributed by atoms with van der Waals surface area (Å²) in [5.41, 5.74) is 0.648. The predicted molar refractivity (Wildman–Crippen MR) is 55.1 cm³/mol. The summed E-state index contributed by atoms with van der Waals surface area (Å²) in [6, 6.07) is 3.77. The van der Waals surface area contributed by atoms with Crippen LogP contribution in [0.4, 0.5) is 0 Å². The first-order chi connectivity index (χ1) is 6.74. The van der Waals surface area contributed by atoms with Gasteiger partial charge in [-0.05, 0) is 13.0 Å². The Hall–Kier alpha value is -1.71. The minimum atomic E-state index is -0.362. The molecule has 0 saturated carbocycles. The second-order valence-electron chi connectivity index (χ2n) is 3.26. The first-order valence-corrected chi connectivity index (χ1v) is 4.33. The van der Waals surface area contributed by atoms with E-state index in [1.807, 2.05) is 19.1 Å². The third-order valence-electron chi connectivity index (χ3n) is 2.25. The predicted octanol–water partition coefficient (Wildman–Crippen LogP) is 1.42. The number of methoxy groups -OCH3 is 1. The number of nitrogens with zero attached hydrogens (tertiary/aromatic N) is 3. The fourth-order valence-corrected chi connectivity index (χ4v) is 1.31. The molecule has 1 unspecified atom stereocenters. The van der Waals surface area contributed by atoms with Crippen molar-refractivity contribution < 1.29 is 4.74 Å². The fourth-order valence-electron chi connectivity index (χ4n) is 1.31. The van der Waals surface area contributed by atoms with E-state index >= 15 is 0 Å². The SMILES string of the molecule is COc1ccc(C2(C)C=NC=N2)cn1. The first kappa shape index (κ1) is 8.87. The van der Waals surface area contributed by atoms with E-state index in [1.54, 1.807) is 25.9 Å². The summed E-state index contributed by atoms with van der Waals surface area (Å²) in [5, 5.41) is 0. The van der Waals surface area contributed by atoms with Gasteiger partial charge in [0.15, 0.2) is 0 Å². The smallest absolute Gasteiger partial charge is 0.212 e. The van der Waals surface area contributed by atoms with Gasteiger partial charge < -0.3 is 4.74 Å². The fraction of sp³-hybridized carbons (Fsp3) is 0.300. The lowest BCUT2D eigenvalue weighted by molar-refractivity contribution is 0.397. The van der Waals surface area contributed by atoms with Crippen LogP contribution in [0.2, 0.25) is 0 Å². The third-order valence-corrected chi connectivity index (χ3v) is 2.25. The number of rotatable bonds is 2. The average Bonchev–Trinajstić information content (AvgIpc) is 2.67. The lowest BCUT2D eigenvalue weighted by atomic mass is 9.96. The van der Waals surface area contributed by atoms with Crippen LogP contribution in [0.15, 0.2) is 28.3 Å². The van der Waals surface area contributed by atoms with E-state index in [1.165, 1.54) is 0 Å². The summed E-state index contributed by atoms with van der Waals surface area (Å²) >= 11 is 0. The highest BCUT2D eigenvalue weighted by atomic mass is 16.5. The van der Waals surface area contributed by atoms with Gasteiger partial charge in [0, 0.05) is 24.0 Å². The van der Waals surface area contributed by atoms with Crippen molar-refractivity contribution in [1.82, 2.24) is 4.98 Å². The number of hydrogen-bond donors (Lipinski definition) is 0. The molecule has 1 aromatic heterocycles. The summed E-state index contributed by atoms with van der Waals surface area (Å²) in [7, 11) is 1.60. The molecule has 1 aromatic rings. The molecule has 1 atom stereocenters. The van der Waals surface area contributed by atoms with Crippen LogP contribution in [0.3, 0.4) is 0 Å². The molecule has 0 N–H and O–H groups in total. The van der Waals surface area contributed by atoms with Crippen molar-refractivity contribution in [2.24, 2.45) is 9.98 Å². The lowest BCUT2D eigenvalue weighted by Gasteiger charge is -2.16. The quantitative estimate of drug-likeness (QED) is 0.706. The van der Waals surface area contributed by atoms with Crippen LogP contribution in [-0.4, -0.2) is 24.6 Å². The molecular weight excluding hydrogens is 178 g/mol. The molecule has 0 aromatic carbocycles. The molecule has 14 heavy (non-hydrogen) atoms. The molecule has 4 nitrogen and oxygen atoms in total. The molecule has 1 aliphatic heterocycles. The van der Waals surface area contributed by atoms with E-state index in [0.717, 1.165) is 5.56 Å². The Morgan fingerprint density at radius 3 is 2.71 bits per heavy atom. The number of hydrogen-bond acceptors (Lipinski definition) is 4. The second-order valence-corrected chi connectivity index (χ2v) is 3.26. The van der Waals surface area contributed by atoms with Gasteiger partial charge in [0.2, 0.25) is 5.88 Å². The highest BCUT2D eigenvalue weighted by Crippen LogP contribution is 2.25. The second kappa shape index (κ2) is 3.21. The van der Waals surface area contributed by atoms with Crippen molar-refractivity contribution in [1.29, 1.82) is 0 Å². The maximum absolute atomic E-state index is 4.98. The monoisotopic (exact) mass is 189 g/mol. The molecule has 0 saturated heterocycles. The van der Waals surface area contributed by atoms with Crippen molar-refractivity contribution in [2.45, 2.75) is 12.5 Å². The van der Waals surface area contributed by atoms with Gasteiger partial charge in [-0.15, -0.1) is 0 Å².